The van der Waals surface area contributed by atoms with Crippen LogP contribution in [0.15, 0.2) is 12.2 Å². The zero-order chi connectivity index (χ0) is 21.6. The van der Waals surface area contributed by atoms with E-state index in [4.69, 9.17) is 5.11 Å². The number of unbranched alkanes of at least 4 members (excludes halogenated alkanes) is 4. The van der Waals surface area contributed by atoms with Gasteiger partial charge in [-0.05, 0) is 37.7 Å². The fraction of sp³-hybridized carbons (Fsp3) is 0.773. The summed E-state index contributed by atoms with van der Waals surface area (Å²) in [6.45, 7) is 5.81. The van der Waals surface area contributed by atoms with E-state index >= 15 is 0 Å². The number of allylic oxidation sites excluding steroid dienone is 2. The van der Waals surface area contributed by atoms with Crippen LogP contribution in [0.3, 0.4) is 0 Å². The molecule has 0 heterocycles. The number of halogens is 2. The second-order valence-electron chi connectivity index (χ2n) is 7.15. The van der Waals surface area contributed by atoms with Crippen LogP contribution in [0, 0.1) is 11.8 Å². The van der Waals surface area contributed by atoms with Gasteiger partial charge in [-0.15, -0.1) is 0 Å². The molecule has 0 amide bonds. The summed E-state index contributed by atoms with van der Waals surface area (Å²) < 4.78 is 27.5. The molecule has 0 radical (unpaired) electrons. The van der Waals surface area contributed by atoms with E-state index in [0.29, 0.717) is 25.7 Å². The second-order valence-corrected chi connectivity index (χ2v) is 7.15. The number of alkyl halides is 2. The fourth-order valence-corrected chi connectivity index (χ4v) is 3.35. The Bertz CT molecular complexity index is 515. The van der Waals surface area contributed by atoms with E-state index in [2.05, 4.69) is 0 Å². The molecule has 0 aromatic rings. The lowest BCUT2D eigenvalue weighted by molar-refractivity contribution is -0.144. The van der Waals surface area contributed by atoms with Crippen LogP contribution >= 0.6 is 0 Å². The first-order valence-electron chi connectivity index (χ1n) is 10.6. The number of hydrogen-bond donors (Lipinski definition) is 1. The van der Waals surface area contributed by atoms with E-state index < -0.39 is 24.1 Å². The summed E-state index contributed by atoms with van der Waals surface area (Å²) in [5, 5.41) is 8.59. The van der Waals surface area contributed by atoms with Gasteiger partial charge in [0.2, 0.25) is 5.78 Å². The molecular formula is C22H36F2O4. The molecule has 1 unspecified atom stereocenters. The highest BCUT2D eigenvalue weighted by atomic mass is 19.3. The number of carboxylic acids is 1. The van der Waals surface area contributed by atoms with Gasteiger partial charge in [0.1, 0.15) is 0 Å². The van der Waals surface area contributed by atoms with Gasteiger partial charge in [-0.1, -0.05) is 52.5 Å². The van der Waals surface area contributed by atoms with E-state index in [0.717, 1.165) is 19.3 Å². The summed E-state index contributed by atoms with van der Waals surface area (Å²) in [5.74, 6) is -5.46. The van der Waals surface area contributed by atoms with Crippen molar-refractivity contribution >= 4 is 17.5 Å². The Morgan fingerprint density at radius 1 is 1.04 bits per heavy atom. The van der Waals surface area contributed by atoms with Crippen LogP contribution in [0.2, 0.25) is 0 Å². The molecule has 2 atom stereocenters. The molecule has 4 nitrogen and oxygen atoms in total. The van der Waals surface area contributed by atoms with E-state index in [-0.39, 0.29) is 36.9 Å². The largest absolute Gasteiger partial charge is 0.481 e. The van der Waals surface area contributed by atoms with Crippen molar-refractivity contribution in [1.29, 1.82) is 0 Å². The van der Waals surface area contributed by atoms with Crippen LogP contribution in [-0.4, -0.2) is 28.6 Å². The first-order valence-corrected chi connectivity index (χ1v) is 10.6. The van der Waals surface area contributed by atoms with Crippen LogP contribution in [0.4, 0.5) is 8.78 Å². The van der Waals surface area contributed by atoms with Crippen LogP contribution in [0.25, 0.3) is 0 Å². The minimum atomic E-state index is -3.26. The maximum Gasteiger partial charge on any atom is 0.305 e. The number of hydrogen-bond acceptors (Lipinski definition) is 3. The first kappa shape index (κ1) is 26.4. The number of Topliss-reactive ketones (excluding diaryl/α,β-unsaturated/α-hetero) is 1. The van der Waals surface area contributed by atoms with Crippen molar-refractivity contribution in [3.05, 3.63) is 12.2 Å². The average Bonchev–Trinajstić information content (AvgIpc) is 3.02. The lowest BCUT2D eigenvalue weighted by atomic mass is 9.85. The van der Waals surface area contributed by atoms with E-state index in [1.165, 1.54) is 6.08 Å². The van der Waals surface area contributed by atoms with Gasteiger partial charge in [0.05, 0.1) is 0 Å². The summed E-state index contributed by atoms with van der Waals surface area (Å²) in [5.41, 5.74) is 0. The number of carboxylic acid groups (broad SMARTS) is 1. The molecule has 6 heteroatoms. The molecule has 0 spiro atoms. The van der Waals surface area contributed by atoms with Crippen LogP contribution < -0.4 is 0 Å². The quantitative estimate of drug-likeness (QED) is 0.363. The van der Waals surface area contributed by atoms with Crippen LogP contribution in [-0.2, 0) is 14.4 Å². The van der Waals surface area contributed by atoms with Crippen molar-refractivity contribution < 1.29 is 28.3 Å². The van der Waals surface area contributed by atoms with Gasteiger partial charge in [0.25, 0.3) is 0 Å². The lowest BCUT2D eigenvalue weighted by Gasteiger charge is -2.19. The third kappa shape index (κ3) is 10.1. The smallest absolute Gasteiger partial charge is 0.305 e. The first-order chi connectivity index (χ1) is 13.3. The number of ketones is 2. The average molecular weight is 403 g/mol. The topological polar surface area (TPSA) is 71.4 Å². The van der Waals surface area contributed by atoms with Crippen molar-refractivity contribution in [1.82, 2.24) is 0 Å². The van der Waals surface area contributed by atoms with Crippen LogP contribution in [0.1, 0.15) is 91.4 Å². The highest BCUT2D eigenvalue weighted by Gasteiger charge is 2.38. The molecular weight excluding hydrogens is 366 g/mol. The Morgan fingerprint density at radius 2 is 1.68 bits per heavy atom. The maximum atomic E-state index is 13.8. The van der Waals surface area contributed by atoms with Gasteiger partial charge in [0.15, 0.2) is 5.78 Å². The van der Waals surface area contributed by atoms with Gasteiger partial charge in [-0.2, -0.15) is 8.78 Å². The van der Waals surface area contributed by atoms with Crippen LogP contribution in [0.5, 0.6) is 0 Å². The monoisotopic (exact) mass is 402 g/mol. The third-order valence-electron chi connectivity index (χ3n) is 5.00. The molecule has 1 rings (SSSR count). The number of aliphatic carboxylic acids is 1. The normalized spacial score (nSPS) is 18.7. The number of carbonyl (C=O) groups excluding carboxylic acids is 2. The minimum absolute atomic E-state index is 0.00530. The molecule has 1 aliphatic rings. The summed E-state index contributed by atoms with van der Waals surface area (Å²) in [7, 11) is 0. The van der Waals surface area contributed by atoms with Crippen molar-refractivity contribution in [3.63, 3.8) is 0 Å². The Labute approximate surface area is 167 Å². The highest BCUT2D eigenvalue weighted by Crippen LogP contribution is 2.33. The molecule has 162 valence electrons. The van der Waals surface area contributed by atoms with Gasteiger partial charge >= 0.3 is 11.9 Å². The van der Waals surface area contributed by atoms with Crippen molar-refractivity contribution in [2.75, 3.05) is 0 Å². The summed E-state index contributed by atoms with van der Waals surface area (Å²) in [6.07, 6.45) is 7.75. The zero-order valence-electron chi connectivity index (χ0n) is 17.5. The molecule has 0 saturated heterocycles. The van der Waals surface area contributed by atoms with Crippen molar-refractivity contribution in [3.8, 4) is 0 Å². The van der Waals surface area contributed by atoms with Gasteiger partial charge < -0.3 is 5.11 Å². The number of rotatable bonds is 14. The number of carbonyl (C=O) groups is 3. The SMILES string of the molecule is CC.CCCCC(F)(F)C(=O)CCC1C=CC(=O)[C@@H]1CCCCCCC(=O)O. The molecule has 28 heavy (non-hydrogen) atoms. The summed E-state index contributed by atoms with van der Waals surface area (Å²) in [4.78, 5) is 34.2. The Hall–Kier alpha value is -1.59. The predicted octanol–water partition coefficient (Wildman–Crippen LogP) is 5.98. The highest BCUT2D eigenvalue weighted by molar-refractivity contribution is 5.94. The van der Waals surface area contributed by atoms with Gasteiger partial charge in [-0.25, -0.2) is 0 Å². The Balaban J connectivity index is 0.00000352. The van der Waals surface area contributed by atoms with Gasteiger partial charge in [0, 0.05) is 25.2 Å². The fourth-order valence-electron chi connectivity index (χ4n) is 3.35. The molecule has 0 aromatic heterocycles. The predicted molar refractivity (Wildman–Crippen MR) is 107 cm³/mol. The van der Waals surface area contributed by atoms with E-state index in [9.17, 15) is 23.2 Å². The second kappa shape index (κ2) is 14.4. The molecule has 1 N–H and O–H groups in total. The minimum Gasteiger partial charge on any atom is -0.481 e. The van der Waals surface area contributed by atoms with Crippen molar-refractivity contribution in [2.45, 2.75) is 97.3 Å². The summed E-state index contributed by atoms with van der Waals surface area (Å²) >= 11 is 0. The lowest BCUT2D eigenvalue weighted by Crippen LogP contribution is -2.29. The molecule has 0 bridgehead atoms. The van der Waals surface area contributed by atoms with E-state index in [1.54, 1.807) is 6.08 Å². The molecule has 1 aliphatic carbocycles. The zero-order valence-corrected chi connectivity index (χ0v) is 17.5. The molecule has 0 aliphatic heterocycles. The summed E-state index contributed by atoms with van der Waals surface area (Å²) in [6, 6.07) is 0. The molecule has 0 saturated carbocycles. The molecule has 0 fully saturated rings. The standard InChI is InChI=1S/C20H30F2O4.C2H6/c1-2-3-14-20(21,22)18(24)13-11-15-10-12-17(23)16(15)8-6-4-5-7-9-19(25)26;1-2/h10,12,15-16H,2-9,11,13-14H2,1H3,(H,25,26);1-2H3/t15?,16-;/m1./s1. The van der Waals surface area contributed by atoms with E-state index in [1.807, 2.05) is 20.8 Å². The van der Waals surface area contributed by atoms with Crippen molar-refractivity contribution in [2.24, 2.45) is 11.8 Å². The maximum absolute atomic E-state index is 13.8. The third-order valence-corrected chi connectivity index (χ3v) is 5.00. The Kier molecular flexibility index (Phi) is 13.6. The van der Waals surface area contributed by atoms with Gasteiger partial charge in [-0.3, -0.25) is 14.4 Å². The molecule has 0 aromatic carbocycles. The Morgan fingerprint density at radius 3 is 2.29 bits per heavy atom.